The van der Waals surface area contributed by atoms with E-state index in [4.69, 9.17) is 70.3 Å². The number of carboxylic acid groups (broad SMARTS) is 2. The quantitative estimate of drug-likeness (QED) is 0.00888. The summed E-state index contributed by atoms with van der Waals surface area (Å²) < 4.78 is 57.0. The van der Waals surface area contributed by atoms with Crippen molar-refractivity contribution in [1.82, 2.24) is 26.2 Å². The van der Waals surface area contributed by atoms with E-state index in [2.05, 4.69) is 58.7 Å². The number of halogens is 1. The van der Waals surface area contributed by atoms with Crippen molar-refractivity contribution >= 4 is 70.1 Å². The second-order valence-electron chi connectivity index (χ2n) is 17.6. The molecule has 0 aromatic heterocycles. The molecule has 0 saturated heterocycles. The molecule has 80 heavy (non-hydrogen) atoms. The van der Waals surface area contributed by atoms with Gasteiger partial charge < -0.3 is 117 Å². The van der Waals surface area contributed by atoms with Crippen LogP contribution in [0.2, 0.25) is 0 Å². The SMILES string of the molecule is CC(=O)N[C@H]1[C@H]([C@H](OCC(=O)NCCCOCCN(CCOCCCNC(=O)CO[C@H](CCO)[C@@H]2OC(C(=O)O)=C[C@H](N=C(N)N)[C@H]2NC(C)=O)CCOCCOCCOCCOCI)[C@H](O)CO)OC(C(=O)O)=C[C@@H]1N=C(N)N. The van der Waals surface area contributed by atoms with Gasteiger partial charge in [0.2, 0.25) is 35.1 Å². The highest BCUT2D eigenvalue weighted by Crippen LogP contribution is 2.28. The Balaban J connectivity index is 1.87. The Labute approximate surface area is 477 Å². The molecule has 4 amide bonds. The van der Waals surface area contributed by atoms with Gasteiger partial charge in [-0.1, -0.05) is 22.6 Å². The molecule has 0 aromatic rings. The number of aliphatic hydroxyl groups is 3. The first kappa shape index (κ1) is 70.8. The third kappa shape index (κ3) is 29.9. The van der Waals surface area contributed by atoms with Crippen molar-refractivity contribution < 1.29 is 102 Å². The molecule has 0 bridgehead atoms. The number of nitrogens with two attached hydrogens (primary N) is 4. The van der Waals surface area contributed by atoms with Gasteiger partial charge in [-0.15, -0.1) is 0 Å². The number of hydrogen-bond donors (Lipinski definition) is 13. The van der Waals surface area contributed by atoms with E-state index in [9.17, 15) is 54.3 Å². The molecular weight excluding hydrogens is 1180 g/mol. The van der Waals surface area contributed by atoms with E-state index < -0.39 is 134 Å². The van der Waals surface area contributed by atoms with Crippen LogP contribution in [0, 0.1) is 0 Å². The van der Waals surface area contributed by atoms with Crippen LogP contribution < -0.4 is 44.2 Å². The minimum Gasteiger partial charge on any atom is -0.478 e. The van der Waals surface area contributed by atoms with Crippen LogP contribution in [-0.2, 0) is 76.1 Å². The molecule has 2 rings (SSSR count). The Kier molecular flexibility index (Phi) is 36.9. The summed E-state index contributed by atoms with van der Waals surface area (Å²) in [4.78, 5) is 83.7. The minimum atomic E-state index is -1.69. The van der Waals surface area contributed by atoms with Crippen molar-refractivity contribution in [2.45, 2.75) is 87.8 Å². The molecule has 2 aliphatic rings. The van der Waals surface area contributed by atoms with Crippen molar-refractivity contribution in [2.75, 3.05) is 136 Å². The summed E-state index contributed by atoms with van der Waals surface area (Å²) in [5.74, 6) is -7.09. The number of guanidine groups is 2. The van der Waals surface area contributed by atoms with E-state index in [1.807, 2.05) is 0 Å². The standard InChI is InChI=1S/C47H82IN11O21/c1-29(62)55-39-31(57-46(49)50)23-35(44(67)68)79-42(39)34(5-11-60)77-26-37(65)53-6-3-12-71-14-8-59(10-16-73-17-18-74-19-20-75-21-22-76-28-48)9-15-72-13-4-7-54-38(66)27-78-41(33(64)25-61)43-40(56-30(2)63)32(58-47(51)52)24-36(80-43)45(69)70/h23-24,31-34,39-43,60-61,64H,3-22,25-28H2,1-2H3,(H,53,65)(H,54,66)(H,55,62)(H,56,63)(H,67,68)(H,69,70)(H4,49,50,57)(H4,51,52,58)/t31-,32-,33+,34+,39+,40+,41+,42-,43+/m0/s1. The molecule has 458 valence electrons. The Bertz CT molecular complexity index is 1990. The number of alkyl halides is 1. The first-order valence-corrected chi connectivity index (χ1v) is 27.2. The van der Waals surface area contributed by atoms with Crippen molar-refractivity contribution in [3.63, 3.8) is 0 Å². The molecule has 2 heterocycles. The fourth-order valence-corrected chi connectivity index (χ4v) is 8.04. The van der Waals surface area contributed by atoms with Crippen LogP contribution in [-0.4, -0.2) is 269 Å². The molecule has 0 saturated carbocycles. The molecule has 0 radical (unpaired) electrons. The summed E-state index contributed by atoms with van der Waals surface area (Å²) in [6.07, 6.45) is -4.04. The van der Waals surface area contributed by atoms with E-state index in [-0.39, 0.29) is 32.1 Å². The number of ether oxygens (including phenoxy) is 10. The van der Waals surface area contributed by atoms with Crippen molar-refractivity contribution in [3.8, 4) is 0 Å². The van der Waals surface area contributed by atoms with Crippen LogP contribution in [0.4, 0.5) is 0 Å². The van der Waals surface area contributed by atoms with Gasteiger partial charge in [0.25, 0.3) is 0 Å². The number of rotatable bonds is 45. The molecule has 2 aliphatic heterocycles. The molecule has 0 unspecified atom stereocenters. The predicted octanol–water partition coefficient (Wildman–Crippen LogP) is -5.67. The van der Waals surface area contributed by atoms with Gasteiger partial charge >= 0.3 is 11.9 Å². The van der Waals surface area contributed by atoms with Gasteiger partial charge in [0.15, 0.2) is 18.0 Å². The average molecular weight is 1260 g/mol. The summed E-state index contributed by atoms with van der Waals surface area (Å²) in [6, 6.07) is -4.43. The molecule has 0 fully saturated rings. The summed E-state index contributed by atoms with van der Waals surface area (Å²) in [5, 5.41) is 60.2. The number of carbonyl (C=O) groups is 6. The number of carbonyl (C=O) groups excluding carboxylic acids is 4. The first-order chi connectivity index (χ1) is 38.3. The number of amides is 4. The van der Waals surface area contributed by atoms with Gasteiger partial charge in [-0.05, 0) is 25.0 Å². The summed E-state index contributed by atoms with van der Waals surface area (Å²) in [5.41, 5.74) is 22.2. The first-order valence-electron chi connectivity index (χ1n) is 25.7. The topological polar surface area (TPSA) is 476 Å². The molecule has 9 atom stereocenters. The van der Waals surface area contributed by atoms with Gasteiger partial charge in [-0.2, -0.15) is 0 Å². The summed E-state index contributed by atoms with van der Waals surface area (Å²) in [6.45, 7) is 6.03. The Morgan fingerprint density at radius 1 is 0.637 bits per heavy atom. The monoisotopic (exact) mass is 1260 g/mol. The minimum absolute atomic E-state index is 0.0909. The van der Waals surface area contributed by atoms with Crippen LogP contribution in [0.3, 0.4) is 0 Å². The van der Waals surface area contributed by atoms with E-state index in [1.54, 1.807) is 0 Å². The number of carboxylic acids is 2. The fraction of sp³-hybridized carbons (Fsp3) is 0.745. The molecule has 0 spiro atoms. The van der Waals surface area contributed by atoms with E-state index in [1.165, 1.54) is 13.8 Å². The maximum Gasteiger partial charge on any atom is 0.370 e. The average Bonchev–Trinajstić information content (AvgIpc) is 3.53. The number of aliphatic carboxylic acids is 2. The van der Waals surface area contributed by atoms with Crippen molar-refractivity contribution in [2.24, 2.45) is 32.9 Å². The number of aliphatic hydroxyl groups excluding tert-OH is 3. The molecule has 0 aliphatic carbocycles. The van der Waals surface area contributed by atoms with Crippen LogP contribution in [0.1, 0.15) is 33.1 Å². The van der Waals surface area contributed by atoms with Crippen LogP contribution in [0.5, 0.6) is 0 Å². The zero-order valence-corrected chi connectivity index (χ0v) is 47.3. The molecule has 17 N–H and O–H groups in total. The van der Waals surface area contributed by atoms with Crippen molar-refractivity contribution in [1.29, 1.82) is 0 Å². The van der Waals surface area contributed by atoms with Gasteiger partial charge in [-0.25, -0.2) is 19.6 Å². The lowest BCUT2D eigenvalue weighted by molar-refractivity contribution is -0.158. The van der Waals surface area contributed by atoms with Crippen molar-refractivity contribution in [3.05, 3.63) is 23.7 Å². The Morgan fingerprint density at radius 3 is 1.46 bits per heavy atom. The number of aliphatic imine (C=N–C) groups is 2. The maximum absolute atomic E-state index is 12.8. The highest BCUT2D eigenvalue weighted by Gasteiger charge is 2.46. The summed E-state index contributed by atoms with van der Waals surface area (Å²) in [7, 11) is 0. The number of nitrogens with one attached hydrogen (secondary N) is 4. The van der Waals surface area contributed by atoms with E-state index in [0.717, 1.165) is 12.2 Å². The second kappa shape index (κ2) is 41.6. The van der Waals surface area contributed by atoms with Crippen LogP contribution >= 0.6 is 22.6 Å². The smallest absolute Gasteiger partial charge is 0.370 e. The largest absolute Gasteiger partial charge is 0.478 e. The van der Waals surface area contributed by atoms with Gasteiger partial charge in [0.1, 0.15) is 31.5 Å². The summed E-state index contributed by atoms with van der Waals surface area (Å²) >= 11 is 2.11. The number of hydrogen-bond acceptors (Lipinski definition) is 22. The fourth-order valence-electron chi connectivity index (χ4n) is 7.72. The Hall–Kier alpha value is -5.31. The zero-order chi connectivity index (χ0) is 59.2. The third-order valence-electron chi connectivity index (χ3n) is 11.3. The zero-order valence-electron chi connectivity index (χ0n) is 45.1. The van der Waals surface area contributed by atoms with Gasteiger partial charge in [0.05, 0.1) is 101 Å². The highest BCUT2D eigenvalue weighted by atomic mass is 127. The maximum atomic E-state index is 12.8. The van der Waals surface area contributed by atoms with E-state index >= 15 is 0 Å². The Morgan fingerprint density at radius 2 is 1.05 bits per heavy atom. The molecule has 0 aromatic carbocycles. The normalized spacial score (nSPS) is 19.9. The lowest BCUT2D eigenvalue weighted by Crippen LogP contribution is -2.60. The van der Waals surface area contributed by atoms with Crippen LogP contribution in [0.15, 0.2) is 33.7 Å². The van der Waals surface area contributed by atoms with Crippen LogP contribution in [0.25, 0.3) is 0 Å². The van der Waals surface area contributed by atoms with Gasteiger partial charge in [-0.3, -0.25) is 24.1 Å². The molecular formula is C47H82IN11O21. The molecule has 32 nitrogen and oxygen atoms in total. The lowest BCUT2D eigenvalue weighted by Gasteiger charge is -2.40. The predicted molar refractivity (Wildman–Crippen MR) is 290 cm³/mol. The number of nitrogens with zero attached hydrogens (tertiary/aromatic N) is 3. The lowest BCUT2D eigenvalue weighted by atomic mass is 9.92. The highest BCUT2D eigenvalue weighted by molar-refractivity contribution is 14.1. The second-order valence-corrected chi connectivity index (χ2v) is 18.2. The molecule has 33 heteroatoms. The van der Waals surface area contributed by atoms with E-state index in [0.29, 0.717) is 103 Å². The third-order valence-corrected chi connectivity index (χ3v) is 11.7. The van der Waals surface area contributed by atoms with Gasteiger partial charge in [0, 0.05) is 72.8 Å².